The summed E-state index contributed by atoms with van der Waals surface area (Å²) in [6.07, 6.45) is 0.972. The van der Waals surface area contributed by atoms with Crippen molar-refractivity contribution in [3.63, 3.8) is 0 Å². The Labute approximate surface area is 157 Å². The Hall–Kier alpha value is -4.37. The molecular formula is C19H10F2N6O. The molecule has 1 aromatic heterocycles. The number of nitrogens with zero attached hydrogens (tertiary/aromatic N) is 4. The fourth-order valence-electron chi connectivity index (χ4n) is 2.35. The van der Waals surface area contributed by atoms with E-state index in [4.69, 9.17) is 5.26 Å². The van der Waals surface area contributed by atoms with Crippen LogP contribution >= 0.6 is 0 Å². The van der Waals surface area contributed by atoms with Gasteiger partial charge >= 0.3 is 0 Å². The number of hydrogen-bond donors (Lipinski definition) is 2. The molecule has 7 nitrogen and oxygen atoms in total. The number of hydrazone groups is 1. The predicted octanol–water partition coefficient (Wildman–Crippen LogP) is 2.90. The van der Waals surface area contributed by atoms with E-state index in [9.17, 15) is 18.8 Å². The third kappa shape index (κ3) is 3.59. The number of anilines is 1. The van der Waals surface area contributed by atoms with E-state index in [1.165, 1.54) is 12.1 Å². The van der Waals surface area contributed by atoms with Crippen LogP contribution in [0.1, 0.15) is 16.7 Å². The molecule has 3 aromatic rings. The van der Waals surface area contributed by atoms with Gasteiger partial charge in [-0.25, -0.2) is 19.2 Å². The van der Waals surface area contributed by atoms with Crippen molar-refractivity contribution in [2.75, 3.05) is 5.43 Å². The molecule has 1 heterocycles. The van der Waals surface area contributed by atoms with Crippen LogP contribution in [0.2, 0.25) is 0 Å². The fraction of sp³-hybridized carbons (Fsp3) is 0. The van der Waals surface area contributed by atoms with Crippen LogP contribution in [0.25, 0.3) is 11.3 Å². The van der Waals surface area contributed by atoms with Gasteiger partial charge in [0.15, 0.2) is 11.6 Å². The van der Waals surface area contributed by atoms with Crippen LogP contribution in [0.4, 0.5) is 14.7 Å². The van der Waals surface area contributed by atoms with Gasteiger partial charge in [-0.15, -0.1) is 0 Å². The third-order valence-corrected chi connectivity index (χ3v) is 3.69. The summed E-state index contributed by atoms with van der Waals surface area (Å²) in [5, 5.41) is 21.6. The van der Waals surface area contributed by atoms with Gasteiger partial charge in [0.2, 0.25) is 5.95 Å². The largest absolute Gasteiger partial charge is 0.290 e. The molecule has 0 aliphatic rings. The second-order valence-corrected chi connectivity index (χ2v) is 5.43. The van der Waals surface area contributed by atoms with E-state index in [2.05, 4.69) is 20.5 Å². The average Bonchev–Trinajstić information content (AvgIpc) is 2.71. The third-order valence-electron chi connectivity index (χ3n) is 3.69. The van der Waals surface area contributed by atoms with Gasteiger partial charge in [0.05, 0.1) is 17.5 Å². The minimum atomic E-state index is -1.28. The molecule has 2 aromatic carbocycles. The van der Waals surface area contributed by atoms with Crippen LogP contribution in [-0.2, 0) is 0 Å². The monoisotopic (exact) mass is 376 g/mol. The Bertz CT molecular complexity index is 1210. The average molecular weight is 376 g/mol. The lowest BCUT2D eigenvalue weighted by molar-refractivity contribution is 0.505. The number of hydrogen-bond acceptors (Lipinski definition) is 6. The van der Waals surface area contributed by atoms with Gasteiger partial charge in [0.25, 0.3) is 5.56 Å². The van der Waals surface area contributed by atoms with Crippen molar-refractivity contribution in [1.29, 1.82) is 10.5 Å². The minimum Gasteiger partial charge on any atom is -0.290 e. The normalized spacial score (nSPS) is 10.4. The highest BCUT2D eigenvalue weighted by Gasteiger charge is 2.14. The van der Waals surface area contributed by atoms with Gasteiger partial charge in [0.1, 0.15) is 17.7 Å². The highest BCUT2D eigenvalue weighted by atomic mass is 19.2. The highest BCUT2D eigenvalue weighted by molar-refractivity contribution is 5.80. The zero-order valence-corrected chi connectivity index (χ0v) is 14.1. The van der Waals surface area contributed by atoms with E-state index >= 15 is 0 Å². The lowest BCUT2D eigenvalue weighted by Crippen LogP contribution is -2.16. The highest BCUT2D eigenvalue weighted by Crippen LogP contribution is 2.19. The molecule has 0 amide bonds. The second kappa shape index (κ2) is 7.89. The van der Waals surface area contributed by atoms with Gasteiger partial charge in [-0.05, 0) is 12.1 Å². The maximum atomic E-state index is 13.9. The molecule has 0 radical (unpaired) electrons. The topological polar surface area (TPSA) is 118 Å². The van der Waals surface area contributed by atoms with E-state index < -0.39 is 22.8 Å². The summed E-state index contributed by atoms with van der Waals surface area (Å²) < 4.78 is 27.5. The van der Waals surface area contributed by atoms with Crippen LogP contribution in [-0.4, -0.2) is 16.2 Å². The van der Waals surface area contributed by atoms with Crippen molar-refractivity contribution in [1.82, 2.24) is 9.97 Å². The lowest BCUT2D eigenvalue weighted by atomic mass is 10.1. The molecule has 0 unspecified atom stereocenters. The SMILES string of the molecule is N#Cc1ccc(C=NNc2nc(-c3ccccc3)c(C#N)c(=O)[nH]2)c(F)c1F. The standard InChI is InChI=1S/C19H10F2N6O/c20-15-12(8-22)6-7-13(16(15)21)10-24-27-19-25-17(11-4-2-1-3-5-11)14(9-23)18(28)26-19/h1-7,10H,(H2,25,26,27,28). The first-order valence-electron chi connectivity index (χ1n) is 7.82. The molecule has 0 saturated carbocycles. The minimum absolute atomic E-state index is 0.0892. The number of H-pyrrole nitrogens is 1. The van der Waals surface area contributed by atoms with Crippen molar-refractivity contribution >= 4 is 12.2 Å². The van der Waals surface area contributed by atoms with Crippen LogP contribution in [0.3, 0.4) is 0 Å². The number of nitriles is 2. The summed E-state index contributed by atoms with van der Waals surface area (Å²) in [5.41, 5.74) is 1.65. The molecule has 3 rings (SSSR count). The Morgan fingerprint density at radius 1 is 1.07 bits per heavy atom. The maximum absolute atomic E-state index is 13.9. The number of benzene rings is 2. The van der Waals surface area contributed by atoms with Gasteiger partial charge in [0, 0.05) is 11.1 Å². The zero-order valence-electron chi connectivity index (χ0n) is 14.1. The van der Waals surface area contributed by atoms with E-state index in [1.807, 2.05) is 0 Å². The molecule has 0 aliphatic carbocycles. The summed E-state index contributed by atoms with van der Waals surface area (Å²) >= 11 is 0. The lowest BCUT2D eigenvalue weighted by Gasteiger charge is -2.06. The summed E-state index contributed by atoms with van der Waals surface area (Å²) in [5.74, 6) is -2.59. The summed E-state index contributed by atoms with van der Waals surface area (Å²) in [6.45, 7) is 0. The van der Waals surface area contributed by atoms with Crippen molar-refractivity contribution in [2.45, 2.75) is 0 Å². The maximum Gasteiger partial charge on any atom is 0.270 e. The van der Waals surface area contributed by atoms with Crippen molar-refractivity contribution < 1.29 is 8.78 Å². The molecule has 0 bridgehead atoms. The molecule has 9 heteroatoms. The summed E-state index contributed by atoms with van der Waals surface area (Å²) in [4.78, 5) is 18.6. The van der Waals surface area contributed by atoms with Gasteiger partial charge in [-0.1, -0.05) is 30.3 Å². The van der Waals surface area contributed by atoms with Crippen LogP contribution < -0.4 is 11.0 Å². The zero-order chi connectivity index (χ0) is 20.1. The Morgan fingerprint density at radius 3 is 2.50 bits per heavy atom. The van der Waals surface area contributed by atoms with E-state index in [-0.39, 0.29) is 22.8 Å². The molecule has 0 fully saturated rings. The first kappa shape index (κ1) is 18.4. The van der Waals surface area contributed by atoms with Gasteiger partial charge < -0.3 is 0 Å². The number of nitrogens with one attached hydrogen (secondary N) is 2. The Morgan fingerprint density at radius 2 is 1.82 bits per heavy atom. The molecular weight excluding hydrogens is 366 g/mol. The van der Waals surface area contributed by atoms with Crippen LogP contribution in [0.15, 0.2) is 52.4 Å². The van der Waals surface area contributed by atoms with Crippen molar-refractivity contribution in [2.24, 2.45) is 5.10 Å². The molecule has 0 aliphatic heterocycles. The van der Waals surface area contributed by atoms with Gasteiger partial charge in [-0.3, -0.25) is 9.78 Å². The van der Waals surface area contributed by atoms with E-state index in [0.29, 0.717) is 5.56 Å². The van der Waals surface area contributed by atoms with Gasteiger partial charge in [-0.2, -0.15) is 15.6 Å². The summed E-state index contributed by atoms with van der Waals surface area (Å²) in [6, 6.07) is 14.2. The first-order chi connectivity index (χ1) is 13.5. The first-order valence-corrected chi connectivity index (χ1v) is 7.82. The van der Waals surface area contributed by atoms with Crippen LogP contribution in [0, 0.1) is 34.3 Å². The number of halogens is 2. The Kier molecular flexibility index (Phi) is 5.19. The molecule has 28 heavy (non-hydrogen) atoms. The van der Waals surface area contributed by atoms with Crippen molar-refractivity contribution in [3.8, 4) is 23.4 Å². The Balaban J connectivity index is 1.92. The van der Waals surface area contributed by atoms with E-state index in [1.54, 1.807) is 36.4 Å². The smallest absolute Gasteiger partial charge is 0.270 e. The molecule has 0 atom stereocenters. The fourth-order valence-corrected chi connectivity index (χ4v) is 2.35. The second-order valence-electron chi connectivity index (χ2n) is 5.43. The molecule has 0 saturated heterocycles. The van der Waals surface area contributed by atoms with E-state index in [0.717, 1.165) is 12.3 Å². The predicted molar refractivity (Wildman–Crippen MR) is 97.3 cm³/mol. The number of rotatable bonds is 4. The van der Waals surface area contributed by atoms with Crippen molar-refractivity contribution in [3.05, 3.63) is 81.1 Å². The molecule has 0 spiro atoms. The number of aromatic nitrogens is 2. The van der Waals surface area contributed by atoms with Crippen LogP contribution in [0.5, 0.6) is 0 Å². The molecule has 136 valence electrons. The quantitative estimate of drug-likeness (QED) is 0.536. The summed E-state index contributed by atoms with van der Waals surface area (Å²) in [7, 11) is 0. The number of aromatic amines is 1. The molecule has 2 N–H and O–H groups in total.